The number of para-hydroxylation sites is 2. The molecule has 1 aliphatic rings. The number of aromatic amines is 1. The van der Waals surface area contributed by atoms with Gasteiger partial charge in [0.25, 0.3) is 0 Å². The zero-order chi connectivity index (χ0) is 18.9. The minimum atomic E-state index is -3.59. The van der Waals surface area contributed by atoms with Crippen LogP contribution in [0.25, 0.3) is 11.0 Å². The van der Waals surface area contributed by atoms with Gasteiger partial charge in [-0.2, -0.15) is 4.31 Å². The Morgan fingerprint density at radius 1 is 1.11 bits per heavy atom. The third kappa shape index (κ3) is 3.58. The fourth-order valence-corrected chi connectivity index (χ4v) is 4.89. The lowest BCUT2D eigenvalue weighted by atomic mass is 9.99. The van der Waals surface area contributed by atoms with E-state index in [4.69, 9.17) is 0 Å². The molecule has 2 aromatic carbocycles. The number of aromatic nitrogens is 2. The van der Waals surface area contributed by atoms with Gasteiger partial charge in [0, 0.05) is 13.1 Å². The van der Waals surface area contributed by atoms with Crippen molar-refractivity contribution in [3.8, 4) is 0 Å². The molecule has 4 rings (SSSR count). The van der Waals surface area contributed by atoms with Gasteiger partial charge in [-0.3, -0.25) is 10.1 Å². The van der Waals surface area contributed by atoms with Crippen molar-refractivity contribution in [1.82, 2.24) is 14.3 Å². The molecule has 2 N–H and O–H groups in total. The van der Waals surface area contributed by atoms with E-state index in [1.807, 2.05) is 24.3 Å². The first-order chi connectivity index (χ1) is 13.0. The Bertz CT molecular complexity index is 1030. The summed E-state index contributed by atoms with van der Waals surface area (Å²) < 4.78 is 27.0. The lowest BCUT2D eigenvalue weighted by molar-refractivity contribution is -0.120. The molecule has 1 amide bonds. The Morgan fingerprint density at radius 3 is 2.63 bits per heavy atom. The molecule has 2 heterocycles. The lowest BCUT2D eigenvalue weighted by Crippen LogP contribution is -2.43. The quantitative estimate of drug-likeness (QED) is 0.723. The van der Waals surface area contributed by atoms with E-state index in [2.05, 4.69) is 15.3 Å². The van der Waals surface area contributed by atoms with Crippen LogP contribution in [0.3, 0.4) is 0 Å². The molecule has 1 atom stereocenters. The monoisotopic (exact) mass is 384 g/mol. The van der Waals surface area contributed by atoms with Crippen LogP contribution >= 0.6 is 0 Å². The number of carbonyl (C=O) groups is 1. The average molecular weight is 384 g/mol. The number of fused-ring (bicyclic) bond motifs is 1. The maximum atomic E-state index is 12.8. The molecule has 0 bridgehead atoms. The van der Waals surface area contributed by atoms with E-state index < -0.39 is 15.9 Å². The van der Waals surface area contributed by atoms with Gasteiger partial charge in [-0.1, -0.05) is 30.3 Å². The third-order valence-corrected chi connectivity index (χ3v) is 6.65. The van der Waals surface area contributed by atoms with Crippen LogP contribution in [0.5, 0.6) is 0 Å². The van der Waals surface area contributed by atoms with E-state index in [9.17, 15) is 13.2 Å². The number of hydrogen-bond donors (Lipinski definition) is 2. The maximum Gasteiger partial charge on any atom is 0.243 e. The Labute approximate surface area is 157 Å². The Hall–Kier alpha value is -2.71. The first kappa shape index (κ1) is 17.7. The number of carbonyl (C=O) groups excluding carboxylic acids is 1. The molecule has 0 saturated carbocycles. The van der Waals surface area contributed by atoms with Gasteiger partial charge in [0.05, 0.1) is 21.8 Å². The van der Waals surface area contributed by atoms with Crippen LogP contribution < -0.4 is 5.32 Å². The van der Waals surface area contributed by atoms with Crippen LogP contribution in [0, 0.1) is 5.92 Å². The van der Waals surface area contributed by atoms with Crippen molar-refractivity contribution in [2.24, 2.45) is 5.92 Å². The molecule has 7 nitrogen and oxygen atoms in total. The van der Waals surface area contributed by atoms with Crippen molar-refractivity contribution in [2.45, 2.75) is 17.7 Å². The topological polar surface area (TPSA) is 95.2 Å². The summed E-state index contributed by atoms with van der Waals surface area (Å²) in [5, 5.41) is 2.79. The summed E-state index contributed by atoms with van der Waals surface area (Å²) in [6.07, 6.45) is 1.29. The van der Waals surface area contributed by atoms with Crippen LogP contribution in [-0.2, 0) is 14.8 Å². The fourth-order valence-electron chi connectivity index (χ4n) is 3.35. The van der Waals surface area contributed by atoms with E-state index in [0.29, 0.717) is 25.3 Å². The standard InChI is InChI=1S/C19H20N4O3S/c24-18(22-19-20-16-10-4-5-11-17(16)21-19)14-7-6-12-23(13-14)27(25,26)15-8-2-1-3-9-15/h1-5,8-11,14H,6-7,12-13H2,(H2,20,21,22,24)/t14-/m0/s1. The van der Waals surface area contributed by atoms with Gasteiger partial charge in [0.2, 0.25) is 21.9 Å². The minimum absolute atomic E-state index is 0.170. The van der Waals surface area contributed by atoms with Crippen LogP contribution in [0.4, 0.5) is 5.95 Å². The van der Waals surface area contributed by atoms with Crippen molar-refractivity contribution >= 4 is 32.9 Å². The van der Waals surface area contributed by atoms with Crippen LogP contribution in [-0.4, -0.2) is 41.7 Å². The van der Waals surface area contributed by atoms with E-state index in [-0.39, 0.29) is 17.3 Å². The van der Waals surface area contributed by atoms with Crippen molar-refractivity contribution in [3.05, 3.63) is 54.6 Å². The number of piperidine rings is 1. The SMILES string of the molecule is O=C(Nc1nc2ccccc2[nH]1)[C@H]1CCCN(S(=O)(=O)c2ccccc2)C1. The summed E-state index contributed by atoms with van der Waals surface area (Å²) in [5.41, 5.74) is 1.61. The Kier molecular flexibility index (Phi) is 4.67. The number of nitrogens with zero attached hydrogens (tertiary/aromatic N) is 2. The number of hydrogen-bond acceptors (Lipinski definition) is 4. The second kappa shape index (κ2) is 7.13. The molecule has 3 aromatic rings. The van der Waals surface area contributed by atoms with Gasteiger partial charge in [0.15, 0.2) is 0 Å². The predicted molar refractivity (Wildman–Crippen MR) is 103 cm³/mol. The highest BCUT2D eigenvalue weighted by atomic mass is 32.2. The first-order valence-corrected chi connectivity index (χ1v) is 10.3. The van der Waals surface area contributed by atoms with Gasteiger partial charge in [0.1, 0.15) is 0 Å². The van der Waals surface area contributed by atoms with E-state index in [1.54, 1.807) is 30.3 Å². The Balaban J connectivity index is 1.48. The van der Waals surface area contributed by atoms with Crippen LogP contribution in [0.1, 0.15) is 12.8 Å². The minimum Gasteiger partial charge on any atom is -0.324 e. The highest BCUT2D eigenvalue weighted by molar-refractivity contribution is 7.89. The molecule has 0 spiro atoms. The molecule has 1 saturated heterocycles. The molecular weight excluding hydrogens is 364 g/mol. The summed E-state index contributed by atoms with van der Waals surface area (Å²) in [7, 11) is -3.59. The number of sulfonamides is 1. The largest absolute Gasteiger partial charge is 0.324 e. The summed E-state index contributed by atoms with van der Waals surface area (Å²) in [6, 6.07) is 15.8. The fraction of sp³-hybridized carbons (Fsp3) is 0.263. The molecule has 1 aliphatic heterocycles. The number of benzene rings is 2. The number of rotatable bonds is 4. The lowest BCUT2D eigenvalue weighted by Gasteiger charge is -2.31. The molecule has 1 fully saturated rings. The average Bonchev–Trinajstić information content (AvgIpc) is 3.11. The molecule has 0 radical (unpaired) electrons. The highest BCUT2D eigenvalue weighted by Crippen LogP contribution is 2.24. The maximum absolute atomic E-state index is 12.8. The first-order valence-electron chi connectivity index (χ1n) is 8.85. The number of imidazole rings is 1. The number of anilines is 1. The van der Waals surface area contributed by atoms with Gasteiger partial charge < -0.3 is 4.98 Å². The summed E-state index contributed by atoms with van der Waals surface area (Å²) in [6.45, 7) is 0.592. The van der Waals surface area contributed by atoms with Gasteiger partial charge >= 0.3 is 0 Å². The zero-order valence-electron chi connectivity index (χ0n) is 14.6. The van der Waals surface area contributed by atoms with Gasteiger partial charge in [-0.25, -0.2) is 13.4 Å². The van der Waals surface area contributed by atoms with Crippen molar-refractivity contribution < 1.29 is 13.2 Å². The predicted octanol–water partition coefficient (Wildman–Crippen LogP) is 2.60. The third-order valence-electron chi connectivity index (χ3n) is 4.77. The molecule has 8 heteroatoms. The number of amides is 1. The van der Waals surface area contributed by atoms with E-state index >= 15 is 0 Å². The van der Waals surface area contributed by atoms with Crippen molar-refractivity contribution in [1.29, 1.82) is 0 Å². The smallest absolute Gasteiger partial charge is 0.243 e. The summed E-state index contributed by atoms with van der Waals surface area (Å²) in [5.74, 6) is -0.253. The zero-order valence-corrected chi connectivity index (χ0v) is 15.4. The number of nitrogens with one attached hydrogen (secondary N) is 2. The van der Waals surface area contributed by atoms with Crippen LogP contribution in [0.15, 0.2) is 59.5 Å². The Morgan fingerprint density at radius 2 is 1.85 bits per heavy atom. The van der Waals surface area contributed by atoms with Gasteiger partial charge in [-0.15, -0.1) is 0 Å². The van der Waals surface area contributed by atoms with Crippen LogP contribution in [0.2, 0.25) is 0 Å². The number of H-pyrrole nitrogens is 1. The van der Waals surface area contributed by atoms with Gasteiger partial charge in [-0.05, 0) is 37.1 Å². The summed E-state index contributed by atoms with van der Waals surface area (Å²) in [4.78, 5) is 20.3. The normalized spacial score (nSPS) is 18.4. The van der Waals surface area contributed by atoms with E-state index in [0.717, 1.165) is 11.0 Å². The van der Waals surface area contributed by atoms with Crippen molar-refractivity contribution in [3.63, 3.8) is 0 Å². The molecule has 0 unspecified atom stereocenters. The molecular formula is C19H20N4O3S. The highest BCUT2D eigenvalue weighted by Gasteiger charge is 2.33. The van der Waals surface area contributed by atoms with Crippen molar-refractivity contribution in [2.75, 3.05) is 18.4 Å². The molecule has 0 aliphatic carbocycles. The molecule has 27 heavy (non-hydrogen) atoms. The second-order valence-corrected chi connectivity index (χ2v) is 8.55. The second-order valence-electron chi connectivity index (χ2n) is 6.61. The molecule has 1 aromatic heterocycles. The van der Waals surface area contributed by atoms with E-state index in [1.165, 1.54) is 4.31 Å². The molecule has 140 valence electrons. The summed E-state index contributed by atoms with van der Waals surface area (Å²) >= 11 is 0.